The summed E-state index contributed by atoms with van der Waals surface area (Å²) in [6.45, 7) is 11.1. The van der Waals surface area contributed by atoms with Crippen LogP contribution in [0, 0.1) is 5.92 Å². The Hall–Kier alpha value is -8.17. The zero-order valence-corrected chi connectivity index (χ0v) is 49.7. The van der Waals surface area contributed by atoms with Crippen molar-refractivity contribution in [2.24, 2.45) is 5.92 Å². The first-order valence-electron chi connectivity index (χ1n) is 28.4. The molecule has 0 saturated carbocycles. The van der Waals surface area contributed by atoms with Crippen LogP contribution in [-0.2, 0) is 25.0 Å². The Morgan fingerprint density at radius 2 is 1.05 bits per heavy atom. The highest BCUT2D eigenvalue weighted by molar-refractivity contribution is 7.16. The van der Waals surface area contributed by atoms with Crippen LogP contribution in [0.5, 0.6) is 11.5 Å². The van der Waals surface area contributed by atoms with E-state index in [1.807, 2.05) is 121 Å². The Kier molecular flexibility index (Phi) is 16.4. The Bertz CT molecular complexity index is 3740. The summed E-state index contributed by atoms with van der Waals surface area (Å²) in [5.41, 5.74) is 2.79. The van der Waals surface area contributed by atoms with Gasteiger partial charge in [-0.15, -0.1) is 0 Å². The summed E-state index contributed by atoms with van der Waals surface area (Å²) >= 11 is 0.859. The van der Waals surface area contributed by atoms with Crippen molar-refractivity contribution in [2.45, 2.75) is 88.2 Å². The number of aromatic nitrogens is 3. The topological polar surface area (TPSA) is 126 Å². The minimum atomic E-state index is -3.16. The molecule has 0 amide bonds. The molecule has 1 aliphatic rings. The second-order valence-electron chi connectivity index (χ2n) is 22.3. The molecule has 8 aromatic carbocycles. The van der Waals surface area contributed by atoms with Gasteiger partial charge in [0.05, 0.1) is 32.5 Å². The first-order chi connectivity index (χ1) is 40.3. The van der Waals surface area contributed by atoms with Gasteiger partial charge < -0.3 is 28.7 Å². The molecule has 13 heteroatoms. The quantitative estimate of drug-likeness (QED) is 0.0567. The van der Waals surface area contributed by atoms with Crippen molar-refractivity contribution >= 4 is 46.3 Å². The number of H-pyrrole nitrogens is 1. The molecule has 2 N–H and O–H groups in total. The second-order valence-corrected chi connectivity index (χ2v) is 27.5. The first-order valence-corrected chi connectivity index (χ1v) is 31.1. The molecule has 422 valence electrons. The number of hydrogen-bond acceptors (Lipinski definition) is 10. The Morgan fingerprint density at radius 3 is 1.49 bits per heavy atom. The molecule has 83 heavy (non-hydrogen) atoms. The number of fused-ring (bicyclic) bond motifs is 1. The summed E-state index contributed by atoms with van der Waals surface area (Å²) in [4.78, 5) is 38.1. The third-order valence-corrected chi connectivity index (χ3v) is 22.5. The SMILES string of the molecule is CCC(O[Si](c1ccccc1)(c1ccccc1)C(C)(C)C)[C@@H]1C[C@@H](C(C)OC(c2ccccc2)(c2ccccc2)c2ccc(OC)cc2)[C@H](n2c(=O)sc3c(=O)[nH]c(NC(c4ccccc4)(c4ccccc4)c4ccc(OC)cc4)nc32)O1. The van der Waals surface area contributed by atoms with Gasteiger partial charge in [-0.1, -0.05) is 245 Å². The van der Waals surface area contributed by atoms with Crippen molar-refractivity contribution in [3.8, 4) is 11.5 Å². The van der Waals surface area contributed by atoms with Crippen molar-refractivity contribution in [2.75, 3.05) is 19.5 Å². The van der Waals surface area contributed by atoms with Crippen molar-refractivity contribution in [3.05, 3.63) is 284 Å². The fraction of sp³-hybridized carbons (Fsp3) is 0.243. The van der Waals surface area contributed by atoms with E-state index in [-0.39, 0.29) is 26.2 Å². The van der Waals surface area contributed by atoms with Gasteiger partial charge in [0.1, 0.15) is 33.6 Å². The van der Waals surface area contributed by atoms with E-state index in [1.54, 1.807) is 18.8 Å². The van der Waals surface area contributed by atoms with E-state index in [1.165, 1.54) is 0 Å². The fourth-order valence-electron chi connectivity index (χ4n) is 12.5. The van der Waals surface area contributed by atoms with Gasteiger partial charge in [0.25, 0.3) is 13.9 Å². The molecule has 3 heterocycles. The predicted octanol–water partition coefficient (Wildman–Crippen LogP) is 13.2. The van der Waals surface area contributed by atoms with Crippen LogP contribution in [0.25, 0.3) is 10.3 Å². The van der Waals surface area contributed by atoms with E-state index in [9.17, 15) is 4.79 Å². The smallest absolute Gasteiger partial charge is 0.311 e. The van der Waals surface area contributed by atoms with Crippen LogP contribution < -0.4 is 35.6 Å². The molecule has 11 nitrogen and oxygen atoms in total. The zero-order chi connectivity index (χ0) is 57.8. The maximum Gasteiger partial charge on any atom is 0.311 e. The number of anilines is 1. The van der Waals surface area contributed by atoms with Crippen LogP contribution >= 0.6 is 11.3 Å². The van der Waals surface area contributed by atoms with E-state index in [0.717, 1.165) is 55.1 Å². The number of hydrogen-bond donors (Lipinski definition) is 2. The molecule has 0 bridgehead atoms. The van der Waals surface area contributed by atoms with Crippen molar-refractivity contribution in [1.82, 2.24) is 14.5 Å². The molecule has 11 rings (SSSR count). The van der Waals surface area contributed by atoms with Crippen molar-refractivity contribution in [3.63, 3.8) is 0 Å². The lowest BCUT2D eigenvalue weighted by Gasteiger charge is -2.46. The highest BCUT2D eigenvalue weighted by Gasteiger charge is 2.55. The van der Waals surface area contributed by atoms with Gasteiger partial charge in [-0.25, -0.2) is 0 Å². The summed E-state index contributed by atoms with van der Waals surface area (Å²) in [7, 11) is 0.143. The highest BCUT2D eigenvalue weighted by Crippen LogP contribution is 2.49. The van der Waals surface area contributed by atoms with E-state index in [2.05, 4.69) is 154 Å². The summed E-state index contributed by atoms with van der Waals surface area (Å²) < 4.78 is 36.5. The Balaban J connectivity index is 1.10. The van der Waals surface area contributed by atoms with Gasteiger partial charge in [-0.3, -0.25) is 19.1 Å². The number of nitrogens with one attached hydrogen (secondary N) is 2. The molecular formula is C70H70N4O7SSi. The van der Waals surface area contributed by atoms with Crippen LogP contribution in [-0.4, -0.2) is 55.4 Å². The standard InChI is InChI=1S/C70H70N4O7SSi/c1-8-60(81-83(68(3,4)5,57-35-23-13-24-36-57)58-37-25-14-26-38-58)61-47-59(48(2)80-70(52-31-19-11-20-32-52,53-33-21-12-22-34-53)54-41-45-56(78-7)46-42-54)65(79-61)74-63-62(82-67(74)76)64(75)72-66(71-63)73-69(49-27-15-9-16-28-49,50-29-17-10-18-30-50)51-39-43-55(77-6)44-40-51/h9-46,48,59-61,65H,8,47H2,1-7H3,(H2,71,72,73,75)/t48?,59-,60?,61-,65+/m0/s1. The lowest BCUT2D eigenvalue weighted by atomic mass is 9.77. The summed E-state index contributed by atoms with van der Waals surface area (Å²) in [5.74, 6) is 1.05. The van der Waals surface area contributed by atoms with Crippen molar-refractivity contribution < 1.29 is 23.4 Å². The lowest BCUT2D eigenvalue weighted by Crippen LogP contribution is -2.68. The maximum absolute atomic E-state index is 15.3. The first kappa shape index (κ1) is 56.7. The number of methoxy groups -OCH3 is 2. The minimum absolute atomic E-state index is 0.154. The summed E-state index contributed by atoms with van der Waals surface area (Å²) in [6.07, 6.45) is -1.57. The van der Waals surface area contributed by atoms with Crippen LogP contribution in [0.15, 0.2) is 240 Å². The van der Waals surface area contributed by atoms with Gasteiger partial charge >= 0.3 is 4.87 Å². The summed E-state index contributed by atoms with van der Waals surface area (Å²) in [6, 6.07) is 77.8. The molecule has 2 unspecified atom stereocenters. The Morgan fingerprint density at radius 1 is 0.627 bits per heavy atom. The van der Waals surface area contributed by atoms with E-state index >= 15 is 4.79 Å². The van der Waals surface area contributed by atoms with E-state index in [0.29, 0.717) is 24.3 Å². The molecule has 2 aromatic heterocycles. The lowest BCUT2D eigenvalue weighted by molar-refractivity contribution is -0.103. The van der Waals surface area contributed by atoms with Crippen LogP contribution in [0.3, 0.4) is 0 Å². The van der Waals surface area contributed by atoms with Crippen LogP contribution in [0.4, 0.5) is 5.95 Å². The average molecular weight is 1140 g/mol. The molecule has 0 spiro atoms. The van der Waals surface area contributed by atoms with Gasteiger partial charge in [0, 0.05) is 5.92 Å². The normalized spacial score (nSPS) is 16.5. The molecule has 0 aliphatic carbocycles. The number of nitrogens with zero attached hydrogens (tertiary/aromatic N) is 2. The summed E-state index contributed by atoms with van der Waals surface area (Å²) in [5, 5.41) is 5.72. The Labute approximate surface area is 490 Å². The molecule has 1 saturated heterocycles. The molecule has 1 aliphatic heterocycles. The molecule has 1 fully saturated rings. The average Bonchev–Trinajstić information content (AvgIpc) is 4.26. The molecular weight excluding hydrogens is 1070 g/mol. The largest absolute Gasteiger partial charge is 0.497 e. The molecule has 5 atom stereocenters. The van der Waals surface area contributed by atoms with Crippen LogP contribution in [0.2, 0.25) is 5.04 Å². The van der Waals surface area contributed by atoms with Gasteiger partial charge in [0.2, 0.25) is 5.95 Å². The predicted molar refractivity (Wildman–Crippen MR) is 335 cm³/mol. The number of benzene rings is 8. The van der Waals surface area contributed by atoms with Crippen LogP contribution in [0.1, 0.15) is 87.1 Å². The number of thiazole rings is 1. The third kappa shape index (κ3) is 10.6. The monoisotopic (exact) mass is 1140 g/mol. The van der Waals surface area contributed by atoms with Gasteiger partial charge in [-0.2, -0.15) is 4.98 Å². The number of ether oxygens (including phenoxy) is 4. The third-order valence-electron chi connectivity index (χ3n) is 16.5. The molecule has 0 radical (unpaired) electrons. The molecule has 10 aromatic rings. The zero-order valence-electron chi connectivity index (χ0n) is 47.9. The van der Waals surface area contributed by atoms with E-state index < -0.39 is 55.5 Å². The van der Waals surface area contributed by atoms with Gasteiger partial charge in [-0.05, 0) is 92.8 Å². The van der Waals surface area contributed by atoms with E-state index in [4.69, 9.17) is 28.4 Å². The maximum atomic E-state index is 15.3. The minimum Gasteiger partial charge on any atom is -0.497 e. The van der Waals surface area contributed by atoms with Crippen molar-refractivity contribution in [1.29, 1.82) is 0 Å². The highest BCUT2D eigenvalue weighted by atomic mass is 32.1. The fourth-order valence-corrected chi connectivity index (χ4v) is 18.2. The van der Waals surface area contributed by atoms with Gasteiger partial charge in [0.15, 0.2) is 5.65 Å². The second kappa shape index (κ2) is 24.0. The number of rotatable bonds is 20. The number of aromatic amines is 1.